The van der Waals surface area contributed by atoms with Crippen molar-refractivity contribution >= 4 is 13.2 Å². The molecule has 0 bridgehead atoms. The van der Waals surface area contributed by atoms with E-state index in [0.717, 1.165) is 28.3 Å². The van der Waals surface area contributed by atoms with Gasteiger partial charge in [0, 0.05) is 12.4 Å². The van der Waals surface area contributed by atoms with E-state index in [1.165, 1.54) is 10.9 Å². The molecule has 3 nitrogen and oxygen atoms in total. The SMILES string of the molecule is CP(C)c1ccc(-c2cc(-c3ccccn3)nc(-c3ccccn3)c2)cc1. The van der Waals surface area contributed by atoms with E-state index < -0.39 is 0 Å². The van der Waals surface area contributed by atoms with Crippen LogP contribution in [0.5, 0.6) is 0 Å². The first-order valence-electron chi connectivity index (χ1n) is 8.83. The first-order chi connectivity index (χ1) is 13.2. The maximum Gasteiger partial charge on any atom is 0.0900 e. The molecule has 4 rings (SSSR count). The molecule has 0 aliphatic heterocycles. The molecule has 0 unspecified atom stereocenters. The molecule has 3 heterocycles. The molecule has 0 atom stereocenters. The molecule has 0 amide bonds. The molecule has 0 aliphatic rings. The Balaban J connectivity index is 1.85. The van der Waals surface area contributed by atoms with Gasteiger partial charge in [0.15, 0.2) is 0 Å². The Morgan fingerprint density at radius 3 is 1.59 bits per heavy atom. The van der Waals surface area contributed by atoms with Crippen LogP contribution in [0.3, 0.4) is 0 Å². The van der Waals surface area contributed by atoms with Crippen LogP contribution in [0.2, 0.25) is 0 Å². The average Bonchev–Trinajstić information content (AvgIpc) is 2.75. The predicted octanol–water partition coefficient (Wildman–Crippen LogP) is 5.24. The Bertz CT molecular complexity index is 972. The van der Waals surface area contributed by atoms with Gasteiger partial charge in [-0.15, -0.1) is 0 Å². The van der Waals surface area contributed by atoms with Crippen molar-refractivity contribution < 1.29 is 0 Å². The van der Waals surface area contributed by atoms with Crippen molar-refractivity contribution in [3.8, 4) is 33.9 Å². The molecule has 0 saturated carbocycles. The van der Waals surface area contributed by atoms with Crippen LogP contribution in [0.1, 0.15) is 0 Å². The van der Waals surface area contributed by atoms with E-state index in [-0.39, 0.29) is 7.92 Å². The minimum absolute atomic E-state index is 0.0939. The fraction of sp³-hybridized carbons (Fsp3) is 0.0870. The predicted molar refractivity (Wildman–Crippen MR) is 115 cm³/mol. The van der Waals surface area contributed by atoms with Gasteiger partial charge in [-0.05, 0) is 66.2 Å². The van der Waals surface area contributed by atoms with E-state index in [9.17, 15) is 0 Å². The molecule has 27 heavy (non-hydrogen) atoms. The van der Waals surface area contributed by atoms with Crippen molar-refractivity contribution in [2.45, 2.75) is 0 Å². The van der Waals surface area contributed by atoms with Gasteiger partial charge >= 0.3 is 0 Å². The van der Waals surface area contributed by atoms with E-state index in [1.54, 1.807) is 12.4 Å². The summed E-state index contributed by atoms with van der Waals surface area (Å²) in [7, 11) is -0.0939. The number of hydrogen-bond donors (Lipinski definition) is 0. The van der Waals surface area contributed by atoms with Crippen molar-refractivity contribution in [3.05, 3.63) is 85.2 Å². The molecule has 132 valence electrons. The van der Waals surface area contributed by atoms with E-state index in [2.05, 4.69) is 59.7 Å². The second-order valence-electron chi connectivity index (χ2n) is 6.50. The smallest absolute Gasteiger partial charge is 0.0900 e. The summed E-state index contributed by atoms with van der Waals surface area (Å²) in [6.07, 6.45) is 3.59. The largest absolute Gasteiger partial charge is 0.255 e. The summed E-state index contributed by atoms with van der Waals surface area (Å²) in [6, 6.07) is 24.8. The minimum atomic E-state index is -0.0939. The summed E-state index contributed by atoms with van der Waals surface area (Å²) in [5.41, 5.74) is 5.72. The fourth-order valence-corrected chi connectivity index (χ4v) is 3.69. The lowest BCUT2D eigenvalue weighted by Crippen LogP contribution is -1.98. The second-order valence-corrected chi connectivity index (χ2v) is 8.80. The Labute approximate surface area is 160 Å². The second kappa shape index (κ2) is 7.77. The molecule has 0 N–H and O–H groups in total. The van der Waals surface area contributed by atoms with Crippen LogP contribution in [0.15, 0.2) is 85.2 Å². The highest BCUT2D eigenvalue weighted by molar-refractivity contribution is 7.64. The zero-order valence-electron chi connectivity index (χ0n) is 15.4. The summed E-state index contributed by atoms with van der Waals surface area (Å²) in [5.74, 6) is 0. The first kappa shape index (κ1) is 17.5. The highest BCUT2D eigenvalue weighted by Crippen LogP contribution is 2.30. The molecule has 0 radical (unpaired) electrons. The maximum absolute atomic E-state index is 4.82. The van der Waals surface area contributed by atoms with Gasteiger partial charge in [0.2, 0.25) is 0 Å². The van der Waals surface area contributed by atoms with E-state index >= 15 is 0 Å². The molecule has 3 aromatic heterocycles. The summed E-state index contributed by atoms with van der Waals surface area (Å²) >= 11 is 0. The Morgan fingerprint density at radius 2 is 1.15 bits per heavy atom. The number of hydrogen-bond acceptors (Lipinski definition) is 3. The first-order valence-corrected chi connectivity index (χ1v) is 11.1. The number of pyridine rings is 3. The van der Waals surface area contributed by atoms with Crippen LogP contribution in [-0.4, -0.2) is 28.3 Å². The normalized spacial score (nSPS) is 10.9. The molecule has 0 aliphatic carbocycles. The van der Waals surface area contributed by atoms with Crippen LogP contribution in [0.4, 0.5) is 0 Å². The van der Waals surface area contributed by atoms with Crippen LogP contribution < -0.4 is 5.30 Å². The van der Waals surface area contributed by atoms with Gasteiger partial charge in [-0.1, -0.05) is 44.3 Å². The van der Waals surface area contributed by atoms with Gasteiger partial charge in [0.1, 0.15) is 0 Å². The third-order valence-electron chi connectivity index (χ3n) is 4.40. The Kier molecular flexibility index (Phi) is 5.04. The molecule has 0 fully saturated rings. The monoisotopic (exact) mass is 369 g/mol. The Morgan fingerprint density at radius 1 is 0.593 bits per heavy atom. The number of aromatic nitrogens is 3. The number of benzene rings is 1. The third-order valence-corrected chi connectivity index (χ3v) is 5.73. The van der Waals surface area contributed by atoms with Gasteiger partial charge in [0.05, 0.1) is 22.8 Å². The lowest BCUT2D eigenvalue weighted by Gasteiger charge is -2.11. The summed E-state index contributed by atoms with van der Waals surface area (Å²) in [6.45, 7) is 4.55. The number of nitrogens with zero attached hydrogens (tertiary/aromatic N) is 3. The van der Waals surface area contributed by atoms with Crippen LogP contribution >= 0.6 is 7.92 Å². The van der Waals surface area contributed by atoms with Crippen molar-refractivity contribution in [1.29, 1.82) is 0 Å². The molecule has 1 aromatic carbocycles. The third kappa shape index (κ3) is 3.94. The molecule has 0 saturated heterocycles. The summed E-state index contributed by atoms with van der Waals surface area (Å²) in [5, 5.41) is 1.40. The van der Waals surface area contributed by atoms with Crippen LogP contribution in [0.25, 0.3) is 33.9 Å². The van der Waals surface area contributed by atoms with Gasteiger partial charge in [-0.3, -0.25) is 9.97 Å². The molecular weight excluding hydrogens is 349 g/mol. The summed E-state index contributed by atoms with van der Waals surface area (Å²) < 4.78 is 0. The zero-order chi connectivity index (χ0) is 18.6. The van der Waals surface area contributed by atoms with Crippen molar-refractivity contribution in [2.75, 3.05) is 13.3 Å². The van der Waals surface area contributed by atoms with Crippen molar-refractivity contribution in [1.82, 2.24) is 15.0 Å². The summed E-state index contributed by atoms with van der Waals surface area (Å²) in [4.78, 5) is 13.8. The highest BCUT2D eigenvalue weighted by atomic mass is 31.1. The lowest BCUT2D eigenvalue weighted by molar-refractivity contribution is 1.22. The van der Waals surface area contributed by atoms with Crippen molar-refractivity contribution in [2.24, 2.45) is 0 Å². The van der Waals surface area contributed by atoms with Crippen LogP contribution in [0, 0.1) is 0 Å². The Hall–Kier alpha value is -2.90. The van der Waals surface area contributed by atoms with Crippen LogP contribution in [-0.2, 0) is 0 Å². The average molecular weight is 369 g/mol. The van der Waals surface area contributed by atoms with Gasteiger partial charge < -0.3 is 0 Å². The molecular formula is C23H20N3P. The van der Waals surface area contributed by atoms with E-state index in [0.29, 0.717) is 0 Å². The van der Waals surface area contributed by atoms with Gasteiger partial charge in [0.25, 0.3) is 0 Å². The quantitative estimate of drug-likeness (QED) is 0.462. The van der Waals surface area contributed by atoms with Gasteiger partial charge in [-0.25, -0.2) is 4.98 Å². The molecule has 4 aromatic rings. The van der Waals surface area contributed by atoms with E-state index in [1.807, 2.05) is 36.4 Å². The molecule has 4 heteroatoms. The molecule has 0 spiro atoms. The van der Waals surface area contributed by atoms with E-state index in [4.69, 9.17) is 4.98 Å². The zero-order valence-corrected chi connectivity index (χ0v) is 16.3. The number of rotatable bonds is 4. The maximum atomic E-state index is 4.82. The lowest BCUT2D eigenvalue weighted by atomic mass is 10.0. The minimum Gasteiger partial charge on any atom is -0.255 e. The highest BCUT2D eigenvalue weighted by Gasteiger charge is 2.10. The topological polar surface area (TPSA) is 38.7 Å². The fourth-order valence-electron chi connectivity index (χ4n) is 2.94. The standard InChI is InChI=1S/C23H20N3P/c1-27(2)19-11-9-17(10-12-19)18-15-22(20-7-3-5-13-24-20)26-23(16-18)21-8-4-6-14-25-21/h3-16H,1-2H3. The van der Waals surface area contributed by atoms with Gasteiger partial charge in [-0.2, -0.15) is 0 Å². The van der Waals surface area contributed by atoms with Crippen molar-refractivity contribution in [3.63, 3.8) is 0 Å².